The van der Waals surface area contributed by atoms with Gasteiger partial charge in [0.2, 0.25) is 11.8 Å². The molecule has 0 aliphatic heterocycles. The Bertz CT molecular complexity index is 852. The van der Waals surface area contributed by atoms with Gasteiger partial charge in [-0.15, -0.1) is 0 Å². The Kier molecular flexibility index (Phi) is 9.41. The second kappa shape index (κ2) is 11.3. The molecule has 5 nitrogen and oxygen atoms in total. The number of carbonyl (C=O) groups is 2. The molecule has 0 saturated carbocycles. The van der Waals surface area contributed by atoms with Gasteiger partial charge in [0.15, 0.2) is 0 Å². The van der Waals surface area contributed by atoms with Gasteiger partial charge in [-0.25, -0.2) is 8.78 Å². The van der Waals surface area contributed by atoms with Crippen LogP contribution in [0.3, 0.4) is 0 Å². The Morgan fingerprint density at radius 2 is 1.79 bits per heavy atom. The van der Waals surface area contributed by atoms with E-state index >= 15 is 0 Å². The first-order valence-electron chi connectivity index (χ1n) is 9.29. The molecule has 0 atom stereocenters. The first-order chi connectivity index (χ1) is 13.6. The van der Waals surface area contributed by atoms with E-state index in [1.165, 1.54) is 23.1 Å². The number of nitrogens with zero attached hydrogens (tertiary/aromatic N) is 1. The minimum atomic E-state index is -0.764. The average molecular weight is 406 g/mol. The number of rotatable bonds is 6. The summed E-state index contributed by atoms with van der Waals surface area (Å²) in [4.78, 5) is 25.1. The maximum Gasteiger partial charge on any atom is 0.248 e. The molecular formula is C22H28F2N2O3. The SMILES string of the molecule is CC(C)C(=O)N(C)c1cc(C(N)=O)cc(-c2ccc(F)cc2F)c1.CCCOC. The van der Waals surface area contributed by atoms with Crippen LogP contribution in [0.25, 0.3) is 11.1 Å². The summed E-state index contributed by atoms with van der Waals surface area (Å²) in [5.74, 6) is -2.58. The predicted octanol–water partition coefficient (Wildman–Crippen LogP) is 4.39. The van der Waals surface area contributed by atoms with Crippen molar-refractivity contribution in [2.75, 3.05) is 25.7 Å². The van der Waals surface area contributed by atoms with Crippen LogP contribution in [0.2, 0.25) is 0 Å². The van der Waals surface area contributed by atoms with Crippen LogP contribution in [-0.2, 0) is 9.53 Å². The Morgan fingerprint density at radius 1 is 1.14 bits per heavy atom. The highest BCUT2D eigenvalue weighted by Gasteiger charge is 2.18. The predicted molar refractivity (Wildman–Crippen MR) is 111 cm³/mol. The fraction of sp³-hybridized carbons (Fsp3) is 0.364. The summed E-state index contributed by atoms with van der Waals surface area (Å²) >= 11 is 0. The van der Waals surface area contributed by atoms with Crippen molar-refractivity contribution >= 4 is 17.5 Å². The number of carbonyl (C=O) groups excluding carboxylic acids is 2. The summed E-state index contributed by atoms with van der Waals surface area (Å²) in [6, 6.07) is 7.60. The van der Waals surface area contributed by atoms with Crippen molar-refractivity contribution in [3.8, 4) is 11.1 Å². The lowest BCUT2D eigenvalue weighted by Crippen LogP contribution is -2.30. The molecule has 2 amide bonds. The monoisotopic (exact) mass is 406 g/mol. The lowest BCUT2D eigenvalue weighted by Gasteiger charge is -2.21. The molecule has 2 aromatic rings. The average Bonchev–Trinajstić information content (AvgIpc) is 2.67. The molecule has 0 aromatic heterocycles. The molecule has 29 heavy (non-hydrogen) atoms. The van der Waals surface area contributed by atoms with Crippen LogP contribution in [0, 0.1) is 17.6 Å². The summed E-state index contributed by atoms with van der Waals surface area (Å²) in [6.07, 6.45) is 1.12. The lowest BCUT2D eigenvalue weighted by molar-refractivity contribution is -0.121. The quantitative estimate of drug-likeness (QED) is 0.773. The zero-order valence-electron chi connectivity index (χ0n) is 17.5. The van der Waals surface area contributed by atoms with E-state index in [0.717, 1.165) is 25.2 Å². The second-order valence-electron chi connectivity index (χ2n) is 6.80. The Morgan fingerprint density at radius 3 is 2.24 bits per heavy atom. The molecule has 2 aromatic carbocycles. The number of anilines is 1. The number of hydrogen-bond donors (Lipinski definition) is 1. The summed E-state index contributed by atoms with van der Waals surface area (Å²) < 4.78 is 31.8. The van der Waals surface area contributed by atoms with Gasteiger partial charge in [0.25, 0.3) is 0 Å². The topological polar surface area (TPSA) is 72.6 Å². The minimum absolute atomic E-state index is 0.117. The number of halogens is 2. The van der Waals surface area contributed by atoms with Crippen LogP contribution >= 0.6 is 0 Å². The number of benzene rings is 2. The van der Waals surface area contributed by atoms with Crippen LogP contribution < -0.4 is 10.6 Å². The fourth-order valence-electron chi connectivity index (χ4n) is 2.54. The van der Waals surface area contributed by atoms with Crippen molar-refractivity contribution in [3.63, 3.8) is 0 Å². The van der Waals surface area contributed by atoms with Crippen molar-refractivity contribution in [1.82, 2.24) is 0 Å². The molecule has 0 radical (unpaired) electrons. The van der Waals surface area contributed by atoms with Crippen molar-refractivity contribution in [2.24, 2.45) is 11.7 Å². The highest BCUT2D eigenvalue weighted by molar-refractivity contribution is 5.99. The molecule has 2 rings (SSSR count). The van der Waals surface area contributed by atoms with Gasteiger partial charge in [-0.1, -0.05) is 20.8 Å². The van der Waals surface area contributed by atoms with E-state index in [4.69, 9.17) is 10.5 Å². The summed E-state index contributed by atoms with van der Waals surface area (Å²) in [5, 5.41) is 0. The third-order valence-corrected chi connectivity index (χ3v) is 4.06. The highest BCUT2D eigenvalue weighted by Crippen LogP contribution is 2.29. The van der Waals surface area contributed by atoms with Gasteiger partial charge in [0, 0.05) is 49.6 Å². The molecule has 7 heteroatoms. The Hall–Kier alpha value is -2.80. The number of ether oxygens (including phenoxy) is 1. The van der Waals surface area contributed by atoms with Gasteiger partial charge in [-0.2, -0.15) is 0 Å². The first kappa shape index (κ1) is 24.2. The third-order valence-electron chi connectivity index (χ3n) is 4.06. The smallest absolute Gasteiger partial charge is 0.248 e. The molecule has 0 saturated heterocycles. The van der Waals surface area contributed by atoms with E-state index in [1.807, 2.05) is 0 Å². The summed E-state index contributed by atoms with van der Waals surface area (Å²) in [6.45, 7) is 6.47. The highest BCUT2D eigenvalue weighted by atomic mass is 19.1. The maximum atomic E-state index is 14.1. The third kappa shape index (κ3) is 6.94. The first-order valence-corrected chi connectivity index (χ1v) is 9.29. The van der Waals surface area contributed by atoms with E-state index in [0.29, 0.717) is 11.3 Å². The molecule has 0 bridgehead atoms. The normalized spacial score (nSPS) is 10.3. The second-order valence-corrected chi connectivity index (χ2v) is 6.80. The van der Waals surface area contributed by atoms with Crippen LogP contribution in [0.5, 0.6) is 0 Å². The van der Waals surface area contributed by atoms with Gasteiger partial charge in [0.1, 0.15) is 11.6 Å². The largest absolute Gasteiger partial charge is 0.385 e. The summed E-state index contributed by atoms with van der Waals surface area (Å²) in [7, 11) is 3.27. The van der Waals surface area contributed by atoms with Crippen LogP contribution in [0.1, 0.15) is 37.6 Å². The van der Waals surface area contributed by atoms with Crippen LogP contribution in [-0.4, -0.2) is 32.6 Å². The van der Waals surface area contributed by atoms with E-state index in [-0.39, 0.29) is 23.0 Å². The van der Waals surface area contributed by atoms with Gasteiger partial charge in [-0.05, 0) is 42.3 Å². The zero-order valence-corrected chi connectivity index (χ0v) is 17.5. The Labute approximate surface area is 170 Å². The van der Waals surface area contributed by atoms with Gasteiger partial charge in [0.05, 0.1) is 0 Å². The standard InChI is InChI=1S/C18H18F2N2O2.C4H10O/c1-10(2)18(24)22(3)14-7-11(6-12(8-14)17(21)23)15-5-4-13(19)9-16(15)20;1-3-4-5-2/h4-10H,1-3H3,(H2,21,23);3-4H2,1-2H3. The summed E-state index contributed by atoms with van der Waals surface area (Å²) in [5.41, 5.74) is 6.32. The Balaban J connectivity index is 0.000000749. The molecule has 0 spiro atoms. The van der Waals surface area contributed by atoms with Crippen molar-refractivity contribution in [2.45, 2.75) is 27.2 Å². The van der Waals surface area contributed by atoms with Crippen LogP contribution in [0.4, 0.5) is 14.5 Å². The zero-order chi connectivity index (χ0) is 22.1. The van der Waals surface area contributed by atoms with Gasteiger partial charge >= 0.3 is 0 Å². The number of methoxy groups -OCH3 is 1. The molecule has 0 heterocycles. The number of nitrogens with two attached hydrogens (primary N) is 1. The van der Waals surface area contributed by atoms with Crippen LogP contribution in [0.15, 0.2) is 36.4 Å². The van der Waals surface area contributed by atoms with E-state index < -0.39 is 17.5 Å². The van der Waals surface area contributed by atoms with E-state index in [1.54, 1.807) is 34.1 Å². The molecule has 0 aliphatic rings. The molecule has 0 fully saturated rings. The molecule has 158 valence electrons. The molecule has 0 aliphatic carbocycles. The van der Waals surface area contributed by atoms with Crippen molar-refractivity contribution in [3.05, 3.63) is 53.6 Å². The fourth-order valence-corrected chi connectivity index (χ4v) is 2.54. The molecular weight excluding hydrogens is 378 g/mol. The van der Waals surface area contributed by atoms with Crippen molar-refractivity contribution in [1.29, 1.82) is 0 Å². The lowest BCUT2D eigenvalue weighted by atomic mass is 10.0. The molecule has 2 N–H and O–H groups in total. The van der Waals surface area contributed by atoms with Gasteiger partial charge < -0.3 is 15.4 Å². The number of hydrogen-bond acceptors (Lipinski definition) is 3. The van der Waals surface area contributed by atoms with E-state index in [2.05, 4.69) is 6.92 Å². The maximum absolute atomic E-state index is 14.1. The molecule has 0 unspecified atom stereocenters. The number of primary amides is 1. The van der Waals surface area contributed by atoms with E-state index in [9.17, 15) is 18.4 Å². The number of amides is 2. The van der Waals surface area contributed by atoms with Gasteiger partial charge in [-0.3, -0.25) is 9.59 Å². The van der Waals surface area contributed by atoms with Crippen molar-refractivity contribution < 1.29 is 23.1 Å². The minimum Gasteiger partial charge on any atom is -0.385 e.